The van der Waals surface area contributed by atoms with Gasteiger partial charge in [0.15, 0.2) is 5.78 Å². The highest BCUT2D eigenvalue weighted by Gasteiger charge is 2.24. The number of amides is 1. The Morgan fingerprint density at radius 2 is 1.93 bits per heavy atom. The number of nitrogens with zero attached hydrogens (tertiary/aromatic N) is 2. The zero-order chi connectivity index (χ0) is 19.6. The van der Waals surface area contributed by atoms with E-state index in [1.807, 2.05) is 44.2 Å². The van der Waals surface area contributed by atoms with Gasteiger partial charge in [-0.3, -0.25) is 14.5 Å². The Labute approximate surface area is 165 Å². The van der Waals surface area contributed by atoms with E-state index >= 15 is 0 Å². The van der Waals surface area contributed by atoms with Crippen molar-refractivity contribution in [3.63, 3.8) is 0 Å². The summed E-state index contributed by atoms with van der Waals surface area (Å²) in [4.78, 5) is 26.4. The van der Waals surface area contributed by atoms with E-state index in [1.165, 1.54) is 0 Å². The number of ketones is 1. The Kier molecular flexibility index (Phi) is 6.02. The average molecular weight is 388 g/mol. The molecule has 1 aromatic carbocycles. The second-order valence-electron chi connectivity index (χ2n) is 7.40. The number of aromatic nitrogens is 1. The summed E-state index contributed by atoms with van der Waals surface area (Å²) in [5, 5.41) is 3.67. The summed E-state index contributed by atoms with van der Waals surface area (Å²) in [5.41, 5.74) is 3.67. The summed E-state index contributed by atoms with van der Waals surface area (Å²) in [6.45, 7) is 5.03. The van der Waals surface area contributed by atoms with Gasteiger partial charge < -0.3 is 9.88 Å². The number of hydrogen-bond acceptors (Lipinski definition) is 3. The Bertz CT molecular complexity index is 855. The van der Waals surface area contributed by atoms with Crippen LogP contribution in [0.3, 0.4) is 0 Å². The van der Waals surface area contributed by atoms with Gasteiger partial charge in [0.05, 0.1) is 13.1 Å². The first-order chi connectivity index (χ1) is 12.8. The van der Waals surface area contributed by atoms with Crippen LogP contribution in [0.15, 0.2) is 30.3 Å². The SMILES string of the molecule is Cc1cc(C(=O)CN(C)CC(=O)NC2CC2)c(C)n1Cc1ccccc1Cl. The van der Waals surface area contributed by atoms with Gasteiger partial charge in [0.1, 0.15) is 0 Å². The first-order valence-electron chi connectivity index (χ1n) is 9.26. The molecule has 27 heavy (non-hydrogen) atoms. The number of Topliss-reactive ketones (excluding diaryl/α,β-unsaturated/α-hetero) is 1. The molecule has 3 rings (SSSR count). The Hall–Kier alpha value is -2.11. The number of carbonyl (C=O) groups is 2. The van der Waals surface area contributed by atoms with E-state index in [4.69, 9.17) is 11.6 Å². The summed E-state index contributed by atoms with van der Waals surface area (Å²) in [6, 6.07) is 10.00. The van der Waals surface area contributed by atoms with E-state index in [1.54, 1.807) is 11.9 Å². The van der Waals surface area contributed by atoms with Crippen LogP contribution in [0, 0.1) is 13.8 Å². The molecule has 0 bridgehead atoms. The van der Waals surface area contributed by atoms with Gasteiger partial charge in [-0.2, -0.15) is 0 Å². The van der Waals surface area contributed by atoms with Gasteiger partial charge in [-0.25, -0.2) is 0 Å². The van der Waals surface area contributed by atoms with Gasteiger partial charge >= 0.3 is 0 Å². The van der Waals surface area contributed by atoms with Crippen molar-refractivity contribution >= 4 is 23.3 Å². The molecule has 1 heterocycles. The molecular weight excluding hydrogens is 362 g/mol. The number of hydrogen-bond donors (Lipinski definition) is 1. The topological polar surface area (TPSA) is 54.3 Å². The van der Waals surface area contributed by atoms with Gasteiger partial charge in [-0.1, -0.05) is 29.8 Å². The average Bonchev–Trinajstić information content (AvgIpc) is 3.36. The van der Waals surface area contributed by atoms with Crippen molar-refractivity contribution in [1.29, 1.82) is 0 Å². The molecule has 0 unspecified atom stereocenters. The number of aryl methyl sites for hydroxylation is 1. The number of halogens is 1. The van der Waals surface area contributed by atoms with Crippen molar-refractivity contribution in [2.75, 3.05) is 20.1 Å². The van der Waals surface area contributed by atoms with Crippen molar-refractivity contribution in [3.8, 4) is 0 Å². The second-order valence-corrected chi connectivity index (χ2v) is 7.81. The molecule has 5 nitrogen and oxygen atoms in total. The smallest absolute Gasteiger partial charge is 0.234 e. The normalized spacial score (nSPS) is 13.8. The molecule has 0 radical (unpaired) electrons. The Balaban J connectivity index is 1.66. The number of likely N-dealkylation sites (N-methyl/N-ethyl adjacent to an activating group) is 1. The third-order valence-electron chi connectivity index (χ3n) is 4.93. The molecule has 1 N–H and O–H groups in total. The van der Waals surface area contributed by atoms with Gasteiger partial charge in [-0.05, 0) is 51.4 Å². The summed E-state index contributed by atoms with van der Waals surface area (Å²) >= 11 is 6.28. The number of rotatable bonds is 8. The lowest BCUT2D eigenvalue weighted by molar-refractivity contribution is -0.121. The predicted octanol–water partition coefficient (Wildman–Crippen LogP) is 3.20. The number of benzene rings is 1. The summed E-state index contributed by atoms with van der Waals surface area (Å²) in [6.07, 6.45) is 2.12. The lowest BCUT2D eigenvalue weighted by Gasteiger charge is -2.15. The van der Waals surface area contributed by atoms with E-state index in [9.17, 15) is 9.59 Å². The highest BCUT2D eigenvalue weighted by Crippen LogP contribution is 2.22. The second kappa shape index (κ2) is 8.28. The standard InChI is InChI=1S/C21H26ClN3O2/c1-14-10-18(15(2)25(14)11-16-6-4-5-7-19(16)22)20(26)12-24(3)13-21(27)23-17-8-9-17/h4-7,10,17H,8-9,11-13H2,1-3H3,(H,23,27). The molecule has 1 aromatic heterocycles. The van der Waals surface area contributed by atoms with Gasteiger partial charge in [0.2, 0.25) is 5.91 Å². The minimum atomic E-state index is -0.0167. The first-order valence-corrected chi connectivity index (χ1v) is 9.64. The third-order valence-corrected chi connectivity index (χ3v) is 5.30. The lowest BCUT2D eigenvalue weighted by atomic mass is 10.1. The fourth-order valence-corrected chi connectivity index (χ4v) is 3.45. The number of nitrogens with one attached hydrogen (secondary N) is 1. The molecule has 1 saturated carbocycles. The van der Waals surface area contributed by atoms with Crippen molar-refractivity contribution in [2.24, 2.45) is 0 Å². The maximum Gasteiger partial charge on any atom is 0.234 e. The molecule has 144 valence electrons. The minimum absolute atomic E-state index is 0.0167. The van der Waals surface area contributed by atoms with E-state index in [-0.39, 0.29) is 24.8 Å². The zero-order valence-electron chi connectivity index (χ0n) is 16.1. The Morgan fingerprint density at radius 3 is 2.59 bits per heavy atom. The van der Waals surface area contributed by atoms with E-state index in [2.05, 4.69) is 9.88 Å². The van der Waals surface area contributed by atoms with Crippen molar-refractivity contribution < 1.29 is 9.59 Å². The van der Waals surface area contributed by atoms with Crippen LogP contribution in [0.5, 0.6) is 0 Å². The van der Waals surface area contributed by atoms with Gasteiger partial charge in [-0.15, -0.1) is 0 Å². The molecular formula is C21H26ClN3O2. The monoisotopic (exact) mass is 387 g/mol. The summed E-state index contributed by atoms with van der Waals surface area (Å²) in [5.74, 6) is 0.00669. The maximum absolute atomic E-state index is 12.8. The van der Waals surface area contributed by atoms with Crippen LogP contribution in [0.1, 0.15) is 40.2 Å². The van der Waals surface area contributed by atoms with Crippen LogP contribution in [0.25, 0.3) is 0 Å². The third kappa shape index (κ3) is 4.99. The molecule has 0 spiro atoms. The molecule has 1 fully saturated rings. The zero-order valence-corrected chi connectivity index (χ0v) is 16.8. The van der Waals surface area contributed by atoms with E-state index in [0.717, 1.165) is 34.8 Å². The van der Waals surface area contributed by atoms with Crippen LogP contribution in [-0.2, 0) is 11.3 Å². The molecule has 1 amide bonds. The van der Waals surface area contributed by atoms with Crippen molar-refractivity contribution in [1.82, 2.24) is 14.8 Å². The van der Waals surface area contributed by atoms with Gasteiger partial charge in [0, 0.05) is 34.6 Å². The largest absolute Gasteiger partial charge is 0.352 e. The van der Waals surface area contributed by atoms with Gasteiger partial charge in [0.25, 0.3) is 0 Å². The quantitative estimate of drug-likeness (QED) is 0.708. The molecule has 6 heteroatoms. The summed E-state index contributed by atoms with van der Waals surface area (Å²) in [7, 11) is 1.80. The molecule has 1 aliphatic carbocycles. The Morgan fingerprint density at radius 1 is 1.22 bits per heavy atom. The van der Waals surface area contributed by atoms with Crippen LogP contribution in [0.4, 0.5) is 0 Å². The lowest BCUT2D eigenvalue weighted by Crippen LogP contribution is -2.38. The predicted molar refractivity (Wildman–Crippen MR) is 107 cm³/mol. The summed E-state index contributed by atoms with van der Waals surface area (Å²) < 4.78 is 2.11. The van der Waals surface area contributed by atoms with Crippen LogP contribution in [-0.4, -0.2) is 47.3 Å². The van der Waals surface area contributed by atoms with Crippen LogP contribution >= 0.6 is 11.6 Å². The van der Waals surface area contributed by atoms with Crippen LogP contribution < -0.4 is 5.32 Å². The molecule has 0 atom stereocenters. The fourth-order valence-electron chi connectivity index (χ4n) is 3.26. The van der Waals surface area contributed by atoms with Crippen LogP contribution in [0.2, 0.25) is 5.02 Å². The van der Waals surface area contributed by atoms with E-state index < -0.39 is 0 Å². The fraction of sp³-hybridized carbons (Fsp3) is 0.429. The van der Waals surface area contributed by atoms with Crippen molar-refractivity contribution in [3.05, 3.63) is 57.9 Å². The van der Waals surface area contributed by atoms with Crippen molar-refractivity contribution in [2.45, 2.75) is 39.3 Å². The maximum atomic E-state index is 12.8. The first kappa shape index (κ1) is 19.6. The molecule has 0 saturated heterocycles. The molecule has 2 aromatic rings. The molecule has 1 aliphatic rings. The minimum Gasteiger partial charge on any atom is -0.352 e. The molecule has 0 aliphatic heterocycles. The highest BCUT2D eigenvalue weighted by atomic mass is 35.5. The highest BCUT2D eigenvalue weighted by molar-refractivity contribution is 6.31. The van der Waals surface area contributed by atoms with E-state index in [0.29, 0.717) is 18.2 Å². The number of carbonyl (C=O) groups excluding carboxylic acids is 2.